The molecule has 0 aliphatic rings. The van der Waals surface area contributed by atoms with Crippen molar-refractivity contribution >= 4 is 11.8 Å². The zero-order valence-electron chi connectivity index (χ0n) is 7.79. The van der Waals surface area contributed by atoms with Crippen LogP contribution in [0.25, 0.3) is 0 Å². The summed E-state index contributed by atoms with van der Waals surface area (Å²) in [5.74, 6) is 1.40. The van der Waals surface area contributed by atoms with Gasteiger partial charge in [0.2, 0.25) is 6.23 Å². The first-order valence-electron chi connectivity index (χ1n) is 3.98. The van der Waals surface area contributed by atoms with Crippen molar-refractivity contribution in [3.05, 3.63) is 0 Å². The molecule has 4 nitrogen and oxygen atoms in total. The lowest BCUT2D eigenvalue weighted by Crippen LogP contribution is -2.32. The van der Waals surface area contributed by atoms with Crippen molar-refractivity contribution in [3.63, 3.8) is 0 Å². The number of hydrogen-bond acceptors (Lipinski definition) is 4. The number of ether oxygens (including phenoxy) is 1. The number of carbonyl (C=O) groups excluding carboxylic acids is 2. The van der Waals surface area contributed by atoms with E-state index in [1.165, 1.54) is 6.92 Å². The van der Waals surface area contributed by atoms with Crippen LogP contribution in [0.2, 0.25) is 0 Å². The molecule has 0 bridgehead atoms. The lowest BCUT2D eigenvalue weighted by molar-refractivity contribution is -0.149. The van der Waals surface area contributed by atoms with E-state index in [0.29, 0.717) is 6.54 Å². The SMILES string of the molecule is C#CC(NCC)OC(=O)CC(C)=O. The molecular formula is C9H13NO3. The molecule has 4 heteroatoms. The van der Waals surface area contributed by atoms with E-state index >= 15 is 0 Å². The second kappa shape index (κ2) is 6.21. The molecule has 0 amide bonds. The molecular weight excluding hydrogens is 170 g/mol. The van der Waals surface area contributed by atoms with Crippen LogP contribution >= 0.6 is 0 Å². The first-order valence-corrected chi connectivity index (χ1v) is 3.98. The van der Waals surface area contributed by atoms with Gasteiger partial charge in [0.05, 0.1) is 0 Å². The summed E-state index contributed by atoms with van der Waals surface area (Å²) < 4.78 is 4.74. The summed E-state index contributed by atoms with van der Waals surface area (Å²) in [7, 11) is 0. The Labute approximate surface area is 77.6 Å². The molecule has 0 fully saturated rings. The molecule has 0 radical (unpaired) electrons. The number of Topliss-reactive ketones (excluding diaryl/α,β-unsaturated/α-hetero) is 1. The quantitative estimate of drug-likeness (QED) is 0.284. The number of esters is 1. The molecule has 0 aromatic carbocycles. The second-order valence-corrected chi connectivity index (χ2v) is 2.47. The Morgan fingerprint density at radius 3 is 2.62 bits per heavy atom. The first-order chi connectivity index (χ1) is 6.10. The number of hydrogen-bond donors (Lipinski definition) is 1. The summed E-state index contributed by atoms with van der Waals surface area (Å²) in [5.41, 5.74) is 0. The third-order valence-electron chi connectivity index (χ3n) is 1.18. The van der Waals surface area contributed by atoms with Crippen LogP contribution < -0.4 is 5.32 Å². The van der Waals surface area contributed by atoms with Gasteiger partial charge in [-0.05, 0) is 19.4 Å². The van der Waals surface area contributed by atoms with Crippen LogP contribution in [-0.2, 0) is 14.3 Å². The highest BCUT2D eigenvalue weighted by Crippen LogP contribution is 1.92. The van der Waals surface area contributed by atoms with Gasteiger partial charge in [0.1, 0.15) is 12.2 Å². The van der Waals surface area contributed by atoms with Crippen molar-refractivity contribution < 1.29 is 14.3 Å². The highest BCUT2D eigenvalue weighted by Gasteiger charge is 2.11. The van der Waals surface area contributed by atoms with Crippen LogP contribution in [0.1, 0.15) is 20.3 Å². The zero-order valence-corrected chi connectivity index (χ0v) is 7.79. The molecule has 72 valence electrons. The molecule has 0 aromatic rings. The molecule has 0 aliphatic carbocycles. The summed E-state index contributed by atoms with van der Waals surface area (Å²) >= 11 is 0. The van der Waals surface area contributed by atoms with Crippen molar-refractivity contribution in [3.8, 4) is 12.3 Å². The van der Waals surface area contributed by atoms with Crippen LogP contribution in [-0.4, -0.2) is 24.5 Å². The monoisotopic (exact) mass is 183 g/mol. The predicted octanol–water partition coefficient (Wildman–Crippen LogP) is 0.0775. The van der Waals surface area contributed by atoms with Gasteiger partial charge in [0.15, 0.2) is 0 Å². The zero-order chi connectivity index (χ0) is 10.3. The van der Waals surface area contributed by atoms with E-state index in [-0.39, 0.29) is 12.2 Å². The number of terminal acetylenes is 1. The second-order valence-electron chi connectivity index (χ2n) is 2.47. The standard InChI is InChI=1S/C9H13NO3/c1-4-8(10-5-2)13-9(12)6-7(3)11/h1,8,10H,5-6H2,2-3H3. The average molecular weight is 183 g/mol. The normalized spacial score (nSPS) is 11.5. The molecule has 1 N–H and O–H groups in total. The lowest BCUT2D eigenvalue weighted by atomic mass is 10.3. The minimum atomic E-state index is -0.739. The maximum Gasteiger partial charge on any atom is 0.315 e. The molecule has 1 atom stereocenters. The number of carbonyl (C=O) groups is 2. The number of nitrogens with one attached hydrogen (secondary N) is 1. The van der Waals surface area contributed by atoms with E-state index < -0.39 is 12.2 Å². The predicted molar refractivity (Wildman–Crippen MR) is 47.7 cm³/mol. The Morgan fingerprint density at radius 1 is 1.62 bits per heavy atom. The largest absolute Gasteiger partial charge is 0.435 e. The van der Waals surface area contributed by atoms with Gasteiger partial charge in [-0.1, -0.05) is 6.92 Å². The minimum Gasteiger partial charge on any atom is -0.435 e. The van der Waals surface area contributed by atoms with Crippen molar-refractivity contribution in [1.82, 2.24) is 5.32 Å². The van der Waals surface area contributed by atoms with Crippen molar-refractivity contribution in [1.29, 1.82) is 0 Å². The minimum absolute atomic E-state index is 0.233. The summed E-state index contributed by atoms with van der Waals surface area (Å²) in [5, 5.41) is 2.75. The molecule has 0 heterocycles. The Kier molecular flexibility index (Phi) is 5.57. The number of ketones is 1. The van der Waals surface area contributed by atoms with Gasteiger partial charge in [-0.3, -0.25) is 14.9 Å². The highest BCUT2D eigenvalue weighted by atomic mass is 16.6. The molecule has 0 rings (SSSR count). The maximum absolute atomic E-state index is 10.9. The van der Waals surface area contributed by atoms with Gasteiger partial charge in [0.25, 0.3) is 0 Å². The van der Waals surface area contributed by atoms with Crippen molar-refractivity contribution in [2.24, 2.45) is 0 Å². The molecule has 0 saturated heterocycles. The van der Waals surface area contributed by atoms with E-state index in [0.717, 1.165) is 0 Å². The van der Waals surface area contributed by atoms with E-state index in [2.05, 4.69) is 11.2 Å². The van der Waals surface area contributed by atoms with Crippen LogP contribution in [0, 0.1) is 12.3 Å². The molecule has 0 spiro atoms. The van der Waals surface area contributed by atoms with Gasteiger partial charge < -0.3 is 4.74 Å². The van der Waals surface area contributed by atoms with Crippen molar-refractivity contribution in [2.45, 2.75) is 26.5 Å². The van der Waals surface area contributed by atoms with Crippen LogP contribution in [0.5, 0.6) is 0 Å². The summed E-state index contributed by atoms with van der Waals surface area (Å²) in [6.45, 7) is 3.75. The number of rotatable bonds is 5. The first kappa shape index (κ1) is 11.7. The molecule has 0 aliphatic heterocycles. The Balaban J connectivity index is 3.88. The smallest absolute Gasteiger partial charge is 0.315 e. The Morgan fingerprint density at radius 2 is 2.23 bits per heavy atom. The van der Waals surface area contributed by atoms with Gasteiger partial charge >= 0.3 is 5.97 Å². The van der Waals surface area contributed by atoms with Crippen LogP contribution in [0.3, 0.4) is 0 Å². The molecule has 13 heavy (non-hydrogen) atoms. The third-order valence-corrected chi connectivity index (χ3v) is 1.18. The highest BCUT2D eigenvalue weighted by molar-refractivity contribution is 5.94. The van der Waals surface area contributed by atoms with Crippen LogP contribution in [0.4, 0.5) is 0 Å². The fraction of sp³-hybridized carbons (Fsp3) is 0.556. The van der Waals surface area contributed by atoms with E-state index in [9.17, 15) is 9.59 Å². The fourth-order valence-electron chi connectivity index (χ4n) is 0.696. The maximum atomic E-state index is 10.9. The summed E-state index contributed by atoms with van der Waals surface area (Å²) in [6, 6.07) is 0. The fourth-order valence-corrected chi connectivity index (χ4v) is 0.696. The average Bonchev–Trinajstić information content (AvgIpc) is 2.02. The van der Waals surface area contributed by atoms with E-state index in [1.54, 1.807) is 0 Å². The van der Waals surface area contributed by atoms with Gasteiger partial charge in [0, 0.05) is 0 Å². The van der Waals surface area contributed by atoms with E-state index in [4.69, 9.17) is 11.2 Å². The molecule has 1 unspecified atom stereocenters. The van der Waals surface area contributed by atoms with Gasteiger partial charge in [-0.2, -0.15) is 0 Å². The summed E-state index contributed by atoms with van der Waals surface area (Å²) in [6.07, 6.45) is 4.09. The lowest BCUT2D eigenvalue weighted by Gasteiger charge is -2.11. The van der Waals surface area contributed by atoms with Crippen molar-refractivity contribution in [2.75, 3.05) is 6.54 Å². The van der Waals surface area contributed by atoms with E-state index in [1.807, 2.05) is 6.92 Å². The summed E-state index contributed by atoms with van der Waals surface area (Å²) in [4.78, 5) is 21.4. The Bertz CT molecular complexity index is 230. The Hall–Kier alpha value is -1.34. The topological polar surface area (TPSA) is 55.4 Å². The van der Waals surface area contributed by atoms with Gasteiger partial charge in [-0.15, -0.1) is 6.42 Å². The molecule has 0 aromatic heterocycles. The van der Waals surface area contributed by atoms with Gasteiger partial charge in [-0.25, -0.2) is 0 Å². The van der Waals surface area contributed by atoms with Crippen LogP contribution in [0.15, 0.2) is 0 Å². The molecule has 0 saturated carbocycles. The third kappa shape index (κ3) is 5.88.